The second-order valence-corrected chi connectivity index (χ2v) is 7.67. The number of hydrogen-bond donors (Lipinski definition) is 0. The minimum atomic E-state index is -4.64. The van der Waals surface area contributed by atoms with Crippen molar-refractivity contribution in [1.29, 1.82) is 0 Å². The second kappa shape index (κ2) is 8.72. The van der Waals surface area contributed by atoms with Gasteiger partial charge in [0.05, 0.1) is 0 Å². The summed E-state index contributed by atoms with van der Waals surface area (Å²) in [6.07, 6.45) is -2.88. The molecule has 174 valence electrons. The molecule has 0 N–H and O–H groups in total. The lowest BCUT2D eigenvalue weighted by Gasteiger charge is -2.34. The van der Waals surface area contributed by atoms with Gasteiger partial charge in [0.25, 0.3) is 0 Å². The van der Waals surface area contributed by atoms with Crippen molar-refractivity contribution >= 4 is 5.82 Å². The number of pyridine rings is 1. The van der Waals surface area contributed by atoms with Crippen molar-refractivity contribution in [3.63, 3.8) is 0 Å². The normalized spacial score (nSPS) is 15.8. The van der Waals surface area contributed by atoms with Crippen LogP contribution in [-0.4, -0.2) is 27.6 Å². The van der Waals surface area contributed by atoms with E-state index in [1.165, 1.54) is 18.2 Å². The zero-order valence-corrected chi connectivity index (χ0v) is 17.8. The average Bonchev–Trinajstić information content (AvgIpc) is 2.76. The van der Waals surface area contributed by atoms with Crippen molar-refractivity contribution in [2.45, 2.75) is 38.7 Å². The molecule has 11 heteroatoms. The topological polar surface area (TPSA) is 69.5 Å². The van der Waals surface area contributed by atoms with E-state index in [4.69, 9.17) is 9.47 Å². The molecule has 33 heavy (non-hydrogen) atoms. The zero-order chi connectivity index (χ0) is 23.8. The SMILES string of the molecule is C[C@@H]1CCn2c(cc(OCc3ccc(Oc4ccnc(C(F)(F)F)c4)c(F)c3)nc2=O)N1C. The zero-order valence-electron chi connectivity index (χ0n) is 17.8. The van der Waals surface area contributed by atoms with Crippen LogP contribution in [0.2, 0.25) is 0 Å². The van der Waals surface area contributed by atoms with Crippen LogP contribution < -0.4 is 20.1 Å². The molecular formula is C22H20F4N4O3. The lowest BCUT2D eigenvalue weighted by atomic mass is 10.1. The molecule has 0 amide bonds. The molecule has 3 heterocycles. The lowest BCUT2D eigenvalue weighted by Crippen LogP contribution is -2.41. The molecule has 2 aromatic heterocycles. The third kappa shape index (κ3) is 4.91. The van der Waals surface area contributed by atoms with E-state index in [9.17, 15) is 22.4 Å². The Kier molecular flexibility index (Phi) is 5.96. The molecule has 0 saturated heterocycles. The van der Waals surface area contributed by atoms with Gasteiger partial charge in [-0.05, 0) is 37.1 Å². The van der Waals surface area contributed by atoms with Gasteiger partial charge in [-0.3, -0.25) is 9.55 Å². The second-order valence-electron chi connectivity index (χ2n) is 7.67. The summed E-state index contributed by atoms with van der Waals surface area (Å²) in [6, 6.07) is 7.73. The van der Waals surface area contributed by atoms with Crippen LogP contribution in [0.4, 0.5) is 23.4 Å². The van der Waals surface area contributed by atoms with Crippen LogP contribution in [0.15, 0.2) is 47.4 Å². The number of aromatic nitrogens is 3. The van der Waals surface area contributed by atoms with Crippen LogP contribution in [-0.2, 0) is 19.3 Å². The van der Waals surface area contributed by atoms with E-state index in [1.807, 2.05) is 11.9 Å². The Bertz CT molecular complexity index is 1230. The highest BCUT2D eigenvalue weighted by atomic mass is 19.4. The van der Waals surface area contributed by atoms with Crippen LogP contribution in [0, 0.1) is 5.82 Å². The van der Waals surface area contributed by atoms with E-state index >= 15 is 0 Å². The van der Waals surface area contributed by atoms with Gasteiger partial charge in [-0.2, -0.15) is 18.2 Å². The molecule has 0 unspecified atom stereocenters. The predicted octanol–water partition coefficient (Wildman–Crippen LogP) is 4.40. The standard InChI is InChI=1S/C22H20F4N4O3/c1-13-6-8-30-20(29(13)2)11-19(28-21(30)31)32-12-14-3-4-17(16(23)9-14)33-15-5-7-27-18(10-15)22(24,25)26/h3-5,7,9-11,13H,6,8,12H2,1-2H3/t13-/m1/s1. The van der Waals surface area contributed by atoms with E-state index in [0.717, 1.165) is 18.7 Å². The smallest absolute Gasteiger partial charge is 0.433 e. The molecule has 0 saturated carbocycles. The fourth-order valence-electron chi connectivity index (χ4n) is 3.42. The van der Waals surface area contributed by atoms with E-state index in [2.05, 4.69) is 16.9 Å². The van der Waals surface area contributed by atoms with E-state index in [0.29, 0.717) is 24.0 Å². The van der Waals surface area contributed by atoms with Gasteiger partial charge in [0.15, 0.2) is 11.6 Å². The number of nitrogens with zero attached hydrogens (tertiary/aromatic N) is 4. The number of ether oxygens (including phenoxy) is 2. The first-order chi connectivity index (χ1) is 15.6. The summed E-state index contributed by atoms with van der Waals surface area (Å²) < 4.78 is 65.3. The van der Waals surface area contributed by atoms with Gasteiger partial charge in [0.2, 0.25) is 5.88 Å². The Balaban J connectivity index is 1.47. The van der Waals surface area contributed by atoms with Gasteiger partial charge in [0.1, 0.15) is 23.9 Å². The first-order valence-electron chi connectivity index (χ1n) is 10.1. The van der Waals surface area contributed by atoms with Crippen molar-refractivity contribution in [2.24, 2.45) is 0 Å². The highest BCUT2D eigenvalue weighted by Gasteiger charge is 2.32. The maximum absolute atomic E-state index is 14.5. The number of anilines is 1. The first-order valence-corrected chi connectivity index (χ1v) is 10.1. The molecule has 1 aromatic carbocycles. The van der Waals surface area contributed by atoms with Gasteiger partial charge < -0.3 is 14.4 Å². The number of halogens is 4. The Morgan fingerprint density at radius 3 is 2.70 bits per heavy atom. The van der Waals surface area contributed by atoms with Gasteiger partial charge in [-0.15, -0.1) is 0 Å². The van der Waals surface area contributed by atoms with Crippen LogP contribution in [0.1, 0.15) is 24.6 Å². The first kappa shape index (κ1) is 22.6. The molecule has 7 nitrogen and oxygen atoms in total. The number of benzene rings is 1. The number of rotatable bonds is 5. The van der Waals surface area contributed by atoms with E-state index in [1.54, 1.807) is 10.6 Å². The fourth-order valence-corrected chi connectivity index (χ4v) is 3.42. The highest BCUT2D eigenvalue weighted by molar-refractivity contribution is 5.44. The van der Waals surface area contributed by atoms with Crippen LogP contribution in [0.25, 0.3) is 0 Å². The fraction of sp³-hybridized carbons (Fsp3) is 0.318. The quantitative estimate of drug-likeness (QED) is 0.522. The van der Waals surface area contributed by atoms with Gasteiger partial charge in [0, 0.05) is 38.0 Å². The maximum Gasteiger partial charge on any atom is 0.433 e. The number of fused-ring (bicyclic) bond motifs is 1. The van der Waals surface area contributed by atoms with Crippen molar-refractivity contribution < 1.29 is 27.0 Å². The molecular weight excluding hydrogens is 444 g/mol. The third-order valence-corrected chi connectivity index (χ3v) is 5.39. The molecule has 1 aliphatic rings. The van der Waals surface area contributed by atoms with Crippen LogP contribution in [0.3, 0.4) is 0 Å². The summed E-state index contributed by atoms with van der Waals surface area (Å²) in [5.74, 6) is -0.428. The van der Waals surface area contributed by atoms with Crippen LogP contribution >= 0.6 is 0 Å². The molecule has 0 aliphatic carbocycles. The molecule has 4 rings (SSSR count). The van der Waals surface area contributed by atoms with Crippen molar-refractivity contribution in [2.75, 3.05) is 11.9 Å². The molecule has 0 spiro atoms. The molecule has 3 aromatic rings. The Morgan fingerprint density at radius 1 is 1.18 bits per heavy atom. The van der Waals surface area contributed by atoms with Crippen molar-refractivity contribution in [3.8, 4) is 17.4 Å². The Hall–Kier alpha value is -3.63. The highest BCUT2D eigenvalue weighted by Crippen LogP contribution is 2.32. The summed E-state index contributed by atoms with van der Waals surface area (Å²) in [5.41, 5.74) is -1.14. The minimum absolute atomic E-state index is 0.0696. The molecule has 0 fully saturated rings. The van der Waals surface area contributed by atoms with Crippen LogP contribution in [0.5, 0.6) is 17.4 Å². The molecule has 0 bridgehead atoms. The molecule has 1 atom stereocenters. The summed E-state index contributed by atoms with van der Waals surface area (Å²) in [4.78, 5) is 21.4. The maximum atomic E-state index is 14.5. The number of hydrogen-bond acceptors (Lipinski definition) is 6. The summed E-state index contributed by atoms with van der Waals surface area (Å²) in [5, 5.41) is 0. The average molecular weight is 464 g/mol. The summed E-state index contributed by atoms with van der Waals surface area (Å²) in [6.45, 7) is 2.55. The Labute approximate surface area is 186 Å². The summed E-state index contributed by atoms with van der Waals surface area (Å²) >= 11 is 0. The van der Waals surface area contributed by atoms with Gasteiger partial charge >= 0.3 is 11.9 Å². The third-order valence-electron chi connectivity index (χ3n) is 5.39. The van der Waals surface area contributed by atoms with E-state index < -0.39 is 23.4 Å². The summed E-state index contributed by atoms with van der Waals surface area (Å²) in [7, 11) is 1.88. The molecule has 0 radical (unpaired) electrons. The van der Waals surface area contributed by atoms with Gasteiger partial charge in [-0.1, -0.05) is 6.07 Å². The predicted molar refractivity (Wildman–Crippen MR) is 111 cm³/mol. The van der Waals surface area contributed by atoms with E-state index in [-0.39, 0.29) is 30.0 Å². The minimum Gasteiger partial charge on any atom is -0.473 e. The largest absolute Gasteiger partial charge is 0.473 e. The molecule has 1 aliphatic heterocycles. The Morgan fingerprint density at radius 2 is 1.97 bits per heavy atom. The van der Waals surface area contributed by atoms with Gasteiger partial charge in [-0.25, -0.2) is 9.18 Å². The number of alkyl halides is 3. The lowest BCUT2D eigenvalue weighted by molar-refractivity contribution is -0.141. The van der Waals surface area contributed by atoms with Crippen molar-refractivity contribution in [1.82, 2.24) is 14.5 Å². The van der Waals surface area contributed by atoms with Crippen molar-refractivity contribution in [3.05, 3.63) is 70.2 Å². The monoisotopic (exact) mass is 464 g/mol.